The zero-order valence-electron chi connectivity index (χ0n) is 14.9. The molecule has 26 heavy (non-hydrogen) atoms. The van der Waals surface area contributed by atoms with Crippen molar-refractivity contribution in [1.29, 1.82) is 0 Å². The third kappa shape index (κ3) is 7.21. The van der Waals surface area contributed by atoms with Crippen molar-refractivity contribution in [2.75, 3.05) is 18.9 Å². The van der Waals surface area contributed by atoms with Crippen LogP contribution in [0.4, 0.5) is 5.69 Å². The molecule has 3 N–H and O–H groups in total. The van der Waals surface area contributed by atoms with Crippen LogP contribution in [0.2, 0.25) is 5.02 Å². The largest absolute Gasteiger partial charge is 0.356 e. The van der Waals surface area contributed by atoms with Crippen LogP contribution in [-0.4, -0.2) is 25.5 Å². The van der Waals surface area contributed by atoms with Crippen molar-refractivity contribution in [2.24, 2.45) is 4.99 Å². The van der Waals surface area contributed by atoms with Gasteiger partial charge in [0, 0.05) is 37.3 Å². The van der Waals surface area contributed by atoms with Crippen molar-refractivity contribution in [3.63, 3.8) is 0 Å². The molecule has 0 aliphatic heterocycles. The Morgan fingerprint density at radius 2 is 1.81 bits per heavy atom. The Morgan fingerprint density at radius 1 is 1.08 bits per heavy atom. The van der Waals surface area contributed by atoms with Gasteiger partial charge in [0.1, 0.15) is 0 Å². The van der Waals surface area contributed by atoms with Crippen LogP contribution in [0, 0.1) is 6.92 Å². The van der Waals surface area contributed by atoms with Crippen molar-refractivity contribution in [1.82, 2.24) is 10.6 Å². The van der Waals surface area contributed by atoms with Crippen LogP contribution in [0.15, 0.2) is 53.5 Å². The first-order chi connectivity index (χ1) is 12.1. The van der Waals surface area contributed by atoms with Crippen LogP contribution in [0.1, 0.15) is 17.5 Å². The normalized spacial score (nSPS) is 10.7. The molecule has 0 fully saturated rings. The summed E-state index contributed by atoms with van der Waals surface area (Å²) >= 11 is 6.06. The van der Waals surface area contributed by atoms with Gasteiger partial charge in [-0.1, -0.05) is 48.0 Å². The Kier molecular flexibility index (Phi) is 10.0. The van der Waals surface area contributed by atoms with Crippen molar-refractivity contribution in [3.05, 3.63) is 64.7 Å². The average molecular weight is 487 g/mol. The Balaban J connectivity index is 0.00000338. The summed E-state index contributed by atoms with van der Waals surface area (Å²) in [6.07, 6.45) is 0.331. The van der Waals surface area contributed by atoms with Crippen molar-refractivity contribution in [2.45, 2.75) is 19.9 Å². The number of amides is 1. The number of nitrogens with one attached hydrogen (secondary N) is 3. The summed E-state index contributed by atoms with van der Waals surface area (Å²) in [6, 6.07) is 15.5. The van der Waals surface area contributed by atoms with Gasteiger partial charge in [0.15, 0.2) is 5.96 Å². The third-order valence-electron chi connectivity index (χ3n) is 3.71. The second-order valence-corrected chi connectivity index (χ2v) is 5.96. The molecule has 7 heteroatoms. The summed E-state index contributed by atoms with van der Waals surface area (Å²) in [6.45, 7) is 3.04. The number of benzene rings is 2. The smallest absolute Gasteiger partial charge is 0.226 e. The average Bonchev–Trinajstić information content (AvgIpc) is 2.62. The van der Waals surface area contributed by atoms with E-state index in [-0.39, 0.29) is 29.9 Å². The first-order valence-corrected chi connectivity index (χ1v) is 8.51. The standard InChI is InChI=1S/C19H23ClN4O.HI/c1-14-16(20)9-6-10-17(14)24-18(25)11-12-22-19(21-2)23-13-15-7-4-3-5-8-15;/h3-10H,11-13H2,1-2H3,(H,24,25)(H2,21,22,23);1H. The number of anilines is 1. The van der Waals surface area contributed by atoms with Crippen LogP contribution >= 0.6 is 35.6 Å². The fourth-order valence-corrected chi connectivity index (χ4v) is 2.43. The summed E-state index contributed by atoms with van der Waals surface area (Å²) in [5, 5.41) is 9.87. The first kappa shape index (κ1) is 22.2. The predicted molar refractivity (Wildman–Crippen MR) is 119 cm³/mol. The third-order valence-corrected chi connectivity index (χ3v) is 4.12. The second kappa shape index (κ2) is 11.7. The van der Waals surface area contributed by atoms with Gasteiger partial charge < -0.3 is 16.0 Å². The van der Waals surface area contributed by atoms with E-state index in [0.717, 1.165) is 11.3 Å². The van der Waals surface area contributed by atoms with Crippen LogP contribution in [0.3, 0.4) is 0 Å². The molecule has 2 aromatic rings. The molecule has 2 aromatic carbocycles. The predicted octanol–water partition coefficient (Wildman–Crippen LogP) is 3.96. The number of rotatable bonds is 6. The molecule has 0 saturated carbocycles. The van der Waals surface area contributed by atoms with Gasteiger partial charge in [-0.3, -0.25) is 9.79 Å². The lowest BCUT2D eigenvalue weighted by molar-refractivity contribution is -0.116. The van der Waals surface area contributed by atoms with Gasteiger partial charge in [-0.25, -0.2) is 0 Å². The molecule has 140 valence electrons. The molecule has 5 nitrogen and oxygen atoms in total. The summed E-state index contributed by atoms with van der Waals surface area (Å²) in [5.74, 6) is 0.590. The zero-order chi connectivity index (χ0) is 18.1. The van der Waals surface area contributed by atoms with E-state index in [4.69, 9.17) is 11.6 Å². The van der Waals surface area contributed by atoms with Crippen LogP contribution in [0.5, 0.6) is 0 Å². The minimum atomic E-state index is -0.0728. The number of aliphatic imine (C=N–C) groups is 1. The fraction of sp³-hybridized carbons (Fsp3) is 0.263. The minimum absolute atomic E-state index is 0. The van der Waals surface area contributed by atoms with Gasteiger partial charge in [0.05, 0.1) is 0 Å². The molecule has 0 unspecified atom stereocenters. The van der Waals surface area contributed by atoms with Crippen molar-refractivity contribution >= 4 is 53.1 Å². The number of carbonyl (C=O) groups is 1. The lowest BCUT2D eigenvalue weighted by atomic mass is 10.2. The molecular formula is C19H24ClIN4O. The monoisotopic (exact) mass is 486 g/mol. The Labute approximate surface area is 176 Å². The molecule has 0 aromatic heterocycles. The number of guanidine groups is 1. The van der Waals surface area contributed by atoms with Crippen molar-refractivity contribution in [3.8, 4) is 0 Å². The molecule has 2 rings (SSSR count). The molecule has 0 saturated heterocycles. The second-order valence-electron chi connectivity index (χ2n) is 5.55. The lowest BCUT2D eigenvalue weighted by Crippen LogP contribution is -2.38. The maximum Gasteiger partial charge on any atom is 0.226 e. The highest BCUT2D eigenvalue weighted by molar-refractivity contribution is 14.0. The Morgan fingerprint density at radius 3 is 2.50 bits per heavy atom. The topological polar surface area (TPSA) is 65.5 Å². The van der Waals surface area contributed by atoms with E-state index in [1.807, 2.05) is 49.4 Å². The van der Waals surface area contributed by atoms with E-state index in [1.54, 1.807) is 13.1 Å². The Hall–Kier alpha value is -1.80. The van der Waals surface area contributed by atoms with E-state index >= 15 is 0 Å². The summed E-state index contributed by atoms with van der Waals surface area (Å²) in [5.41, 5.74) is 2.77. The SMILES string of the molecule is CN=C(NCCC(=O)Nc1cccc(Cl)c1C)NCc1ccccc1.I. The Bertz CT molecular complexity index is 738. The van der Waals surface area contributed by atoms with E-state index in [0.29, 0.717) is 30.5 Å². The van der Waals surface area contributed by atoms with E-state index in [1.165, 1.54) is 5.56 Å². The lowest BCUT2D eigenvalue weighted by Gasteiger charge is -2.13. The van der Waals surface area contributed by atoms with Gasteiger partial charge in [-0.2, -0.15) is 0 Å². The van der Waals surface area contributed by atoms with Crippen LogP contribution in [0.25, 0.3) is 0 Å². The molecular weight excluding hydrogens is 463 g/mol. The van der Waals surface area contributed by atoms with Crippen LogP contribution < -0.4 is 16.0 Å². The molecule has 0 aliphatic rings. The molecule has 0 radical (unpaired) electrons. The van der Waals surface area contributed by atoms with Crippen LogP contribution in [-0.2, 0) is 11.3 Å². The number of halogens is 2. The zero-order valence-corrected chi connectivity index (χ0v) is 18.0. The summed E-state index contributed by atoms with van der Waals surface area (Å²) in [4.78, 5) is 16.2. The number of nitrogens with zero attached hydrogens (tertiary/aromatic N) is 1. The van der Waals surface area contributed by atoms with Gasteiger partial charge in [0.2, 0.25) is 5.91 Å². The van der Waals surface area contributed by atoms with Crippen molar-refractivity contribution < 1.29 is 4.79 Å². The summed E-state index contributed by atoms with van der Waals surface area (Å²) in [7, 11) is 1.70. The number of hydrogen-bond donors (Lipinski definition) is 3. The molecule has 0 bridgehead atoms. The maximum atomic E-state index is 12.1. The molecule has 0 atom stereocenters. The number of carbonyl (C=O) groups excluding carboxylic acids is 1. The van der Waals surface area contributed by atoms with E-state index in [9.17, 15) is 4.79 Å². The highest BCUT2D eigenvalue weighted by atomic mass is 127. The van der Waals surface area contributed by atoms with E-state index in [2.05, 4.69) is 20.9 Å². The van der Waals surface area contributed by atoms with Gasteiger partial charge in [-0.15, -0.1) is 24.0 Å². The maximum absolute atomic E-state index is 12.1. The highest BCUT2D eigenvalue weighted by Gasteiger charge is 2.07. The number of hydrogen-bond acceptors (Lipinski definition) is 2. The molecule has 0 spiro atoms. The molecule has 1 amide bonds. The highest BCUT2D eigenvalue weighted by Crippen LogP contribution is 2.22. The quantitative estimate of drug-likeness (QED) is 0.329. The first-order valence-electron chi connectivity index (χ1n) is 8.13. The fourth-order valence-electron chi connectivity index (χ4n) is 2.25. The molecule has 0 aliphatic carbocycles. The van der Waals surface area contributed by atoms with Gasteiger partial charge >= 0.3 is 0 Å². The summed E-state index contributed by atoms with van der Waals surface area (Å²) < 4.78 is 0. The van der Waals surface area contributed by atoms with Gasteiger partial charge in [-0.05, 0) is 30.2 Å². The van der Waals surface area contributed by atoms with E-state index < -0.39 is 0 Å². The molecule has 0 heterocycles. The minimum Gasteiger partial charge on any atom is -0.356 e. The van der Waals surface area contributed by atoms with Gasteiger partial charge in [0.25, 0.3) is 0 Å².